The molecule has 0 aromatic rings. The van der Waals surface area contributed by atoms with Crippen LogP contribution in [0.4, 0.5) is 0 Å². The van der Waals surface area contributed by atoms with Gasteiger partial charge in [0, 0.05) is 24.9 Å². The van der Waals surface area contributed by atoms with Gasteiger partial charge in [0.1, 0.15) is 36.0 Å². The second-order valence-corrected chi connectivity index (χ2v) is 27.4. The highest BCUT2D eigenvalue weighted by molar-refractivity contribution is 5.85. The molecular weight excluding hydrogens is 1100 g/mol. The molecule has 4 aliphatic carbocycles. The van der Waals surface area contributed by atoms with E-state index in [4.69, 9.17) is 57.2 Å². The molecule has 0 radical (unpaired) electrons. The number of rotatable bonds is 22. The summed E-state index contributed by atoms with van der Waals surface area (Å²) in [6, 6.07) is 0. The van der Waals surface area contributed by atoms with Crippen LogP contribution in [0.1, 0.15) is 235 Å². The van der Waals surface area contributed by atoms with Crippen molar-refractivity contribution in [1.29, 1.82) is 0 Å². The van der Waals surface area contributed by atoms with Gasteiger partial charge < -0.3 is 77.6 Å². The van der Waals surface area contributed by atoms with Crippen LogP contribution in [0.15, 0.2) is 0 Å². The third-order valence-corrected chi connectivity index (χ3v) is 17.3. The minimum atomic E-state index is -0.447. The lowest BCUT2D eigenvalue weighted by Gasteiger charge is -2.46. The topological polar surface area (TPSA) is 237 Å². The minimum absolute atomic E-state index is 0.00649. The Morgan fingerprint density at radius 2 is 0.965 bits per heavy atom. The van der Waals surface area contributed by atoms with Crippen molar-refractivity contribution < 1.29 is 87.2 Å². The first-order valence-electron chi connectivity index (χ1n) is 33.7. The zero-order valence-corrected chi connectivity index (χ0v) is 57.7. The highest BCUT2D eigenvalue weighted by atomic mass is 16.6. The fourth-order valence-corrected chi connectivity index (χ4v) is 12.1. The quantitative estimate of drug-likeness (QED) is 0.0677. The third-order valence-electron chi connectivity index (χ3n) is 17.3. The summed E-state index contributed by atoms with van der Waals surface area (Å²) in [7, 11) is 0. The molecule has 5 N–H and O–H groups in total. The van der Waals surface area contributed by atoms with E-state index in [1.54, 1.807) is 13.8 Å². The summed E-state index contributed by atoms with van der Waals surface area (Å²) >= 11 is 0. The highest BCUT2D eigenvalue weighted by Gasteiger charge is 2.48. The highest BCUT2D eigenvalue weighted by Crippen LogP contribution is 2.47. The predicted molar refractivity (Wildman–Crippen MR) is 336 cm³/mol. The van der Waals surface area contributed by atoms with E-state index in [0.29, 0.717) is 76.1 Å². The molecular formula is C68H130O18. The van der Waals surface area contributed by atoms with Crippen LogP contribution < -0.4 is 0 Å². The summed E-state index contributed by atoms with van der Waals surface area (Å²) in [5.41, 5.74) is 0.115. The molecule has 0 unspecified atom stereocenters. The Labute approximate surface area is 522 Å². The Hall–Kier alpha value is -1.30. The summed E-state index contributed by atoms with van der Waals surface area (Å²) in [4.78, 5) is 22.2. The van der Waals surface area contributed by atoms with Crippen molar-refractivity contribution in [2.75, 3.05) is 39.6 Å². The van der Waals surface area contributed by atoms with E-state index in [0.717, 1.165) is 89.9 Å². The van der Waals surface area contributed by atoms with Gasteiger partial charge in [0.15, 0.2) is 0 Å². The van der Waals surface area contributed by atoms with E-state index in [-0.39, 0.29) is 120 Å². The van der Waals surface area contributed by atoms with E-state index in [9.17, 15) is 30.0 Å². The van der Waals surface area contributed by atoms with Gasteiger partial charge in [-0.15, -0.1) is 0 Å². The van der Waals surface area contributed by atoms with Crippen molar-refractivity contribution in [3.8, 4) is 0 Å². The second-order valence-electron chi connectivity index (χ2n) is 27.4. The number of ketones is 2. The van der Waals surface area contributed by atoms with E-state index < -0.39 is 12.2 Å². The molecule has 0 bridgehead atoms. The normalized spacial score (nSPS) is 34.1. The summed E-state index contributed by atoms with van der Waals surface area (Å²) in [6.45, 7) is 42.8. The number of hydrogen-bond acceptors (Lipinski definition) is 18. The molecule has 18 nitrogen and oxygen atoms in total. The first kappa shape index (κ1) is 80.8. The molecule has 8 aliphatic rings. The molecule has 4 saturated heterocycles. The number of aliphatic hydroxyl groups is 5. The van der Waals surface area contributed by atoms with Gasteiger partial charge in [-0.1, -0.05) is 34.1 Å². The Balaban J connectivity index is 0.000000343. The van der Waals surface area contributed by atoms with Crippen molar-refractivity contribution in [2.24, 2.45) is 22.7 Å². The summed E-state index contributed by atoms with van der Waals surface area (Å²) in [5, 5.41) is 47.6. The minimum Gasteiger partial charge on any atom is -0.396 e. The van der Waals surface area contributed by atoms with Crippen LogP contribution in [0, 0.1) is 22.7 Å². The maximum Gasteiger partial charge on any atom is 0.138 e. The van der Waals surface area contributed by atoms with E-state index in [2.05, 4.69) is 34.6 Å². The average molecular weight is 1240 g/mol. The molecule has 0 spiro atoms. The summed E-state index contributed by atoms with van der Waals surface area (Å²) in [6.07, 6.45) is 15.8. The zero-order chi connectivity index (χ0) is 65.1. The van der Waals surface area contributed by atoms with Crippen LogP contribution in [0.2, 0.25) is 0 Å². The number of aliphatic hydroxyl groups excluding tert-OH is 5. The number of ether oxygens (including phenoxy) is 11. The van der Waals surface area contributed by atoms with Crippen LogP contribution in [0.3, 0.4) is 0 Å². The molecule has 15 atom stereocenters. The van der Waals surface area contributed by atoms with Crippen LogP contribution in [-0.4, -0.2) is 205 Å². The molecule has 4 heterocycles. The lowest BCUT2D eigenvalue weighted by molar-refractivity contribution is -0.151. The Morgan fingerprint density at radius 3 is 1.36 bits per heavy atom. The van der Waals surface area contributed by atoms with Crippen molar-refractivity contribution in [3.05, 3.63) is 0 Å². The van der Waals surface area contributed by atoms with Gasteiger partial charge in [-0.3, -0.25) is 9.59 Å². The maximum absolute atomic E-state index is 11.2. The fraction of sp³-hybridized carbons (Fsp3) is 0.971. The van der Waals surface area contributed by atoms with Crippen molar-refractivity contribution in [1.82, 2.24) is 0 Å². The summed E-state index contributed by atoms with van der Waals surface area (Å²) in [5.74, 6) is 1.21. The number of Topliss-reactive ketones (excluding diaryl/α,β-unsaturated/α-hetero) is 2. The van der Waals surface area contributed by atoms with E-state index in [1.165, 1.54) is 0 Å². The average Bonchev–Trinajstić information content (AvgIpc) is 3.87. The van der Waals surface area contributed by atoms with Gasteiger partial charge in [-0.25, -0.2) is 0 Å². The predicted octanol–water partition coefficient (Wildman–Crippen LogP) is 10.5. The van der Waals surface area contributed by atoms with Gasteiger partial charge in [0.2, 0.25) is 0 Å². The van der Waals surface area contributed by atoms with Gasteiger partial charge >= 0.3 is 0 Å². The van der Waals surface area contributed by atoms with E-state index in [1.807, 2.05) is 90.0 Å². The Morgan fingerprint density at radius 1 is 0.500 bits per heavy atom. The molecule has 4 aliphatic heterocycles. The van der Waals surface area contributed by atoms with Gasteiger partial charge in [-0.05, 0) is 200 Å². The van der Waals surface area contributed by atoms with Crippen LogP contribution in [-0.2, 0) is 61.7 Å². The smallest absolute Gasteiger partial charge is 0.138 e. The van der Waals surface area contributed by atoms with Crippen LogP contribution in [0.5, 0.6) is 0 Å². The molecule has 0 aromatic carbocycles. The van der Waals surface area contributed by atoms with Gasteiger partial charge in [0.05, 0.1) is 142 Å². The molecule has 4 saturated carbocycles. The molecule has 18 heteroatoms. The first-order valence-corrected chi connectivity index (χ1v) is 33.7. The molecule has 510 valence electrons. The number of fused-ring (bicyclic) bond motifs is 1. The second kappa shape index (κ2) is 41.3. The molecule has 0 aromatic heterocycles. The molecule has 8 fully saturated rings. The Kier molecular flexibility index (Phi) is 38.8. The summed E-state index contributed by atoms with van der Waals surface area (Å²) < 4.78 is 60.7. The molecule has 8 rings (SSSR count). The number of carbonyl (C=O) groups excluding carboxylic acids is 2. The molecule has 0 amide bonds. The van der Waals surface area contributed by atoms with E-state index >= 15 is 0 Å². The van der Waals surface area contributed by atoms with Crippen LogP contribution in [0.25, 0.3) is 0 Å². The SMILES string of the molecule is CC(=O)C1(COC(C)C)CC1.CC(=O)[C@H]1CCC[C@H](OC(C)C)C1.CC(C)O[C@@H]1CC[C@H]2[C@@H]1OC[C@H]2O.CCC1(CO)CC(OC(C)C)C1.CC[C@@H]1OC[C@@H](OC(C)C)[C@H]1O.CC[C@H]1OC[C@H](OC(C)C)C[C@@H]1O.CC[C@H]1OC[C@H](OC(C)C)[C@@H]1O. The lowest BCUT2D eigenvalue weighted by Crippen LogP contribution is -2.45. The zero-order valence-electron chi connectivity index (χ0n) is 57.7. The first-order chi connectivity index (χ1) is 40.4. The van der Waals surface area contributed by atoms with Crippen molar-refractivity contribution >= 4 is 11.6 Å². The van der Waals surface area contributed by atoms with Gasteiger partial charge in [-0.2, -0.15) is 0 Å². The fourth-order valence-electron chi connectivity index (χ4n) is 12.1. The van der Waals surface area contributed by atoms with Crippen molar-refractivity contribution in [3.63, 3.8) is 0 Å². The monoisotopic (exact) mass is 1230 g/mol. The maximum atomic E-state index is 11.2. The molecule has 86 heavy (non-hydrogen) atoms. The number of hydrogen-bond donors (Lipinski definition) is 5. The lowest BCUT2D eigenvalue weighted by atomic mass is 9.65. The standard InChI is InChI=1S/C11H20O2.C10H18O3.C10H20O3.C10H20O2.2C9H18O3.C9H16O2/c1-8(2)13-11-6-4-5-10(7-11)9(3)12;1-6(2)13-9-4-3-7-8(11)5-12-10(7)9;1-4-10-9(11)5-8(6-12-10)13-7(2)3;1-4-10(7-11)5-9(6-10)12-8(2)3;2*1-4-7-9(10)8(5-11-7)12-6(2)3;1-7(2)11-6-9(4-5-9)8(3)10/h8,10-11H,4-7H2,1-3H3;6-11H,3-5H2,1-2H3;7-11H,4-6H2,1-3H3;8-9,11H,4-7H2,1-3H3;2*6-10H,4-5H2,1-3H3;7H,4-6H2,1-3H3/t10-,11-;7-,8-,9-,10+;8-,9+,10-;;2*7-,8+,9-;/m011.10./s1. The third kappa shape index (κ3) is 29.5. The van der Waals surface area contributed by atoms with Crippen molar-refractivity contribution in [2.45, 2.75) is 363 Å². The largest absolute Gasteiger partial charge is 0.396 e. The Bertz CT molecular complexity index is 1730. The van der Waals surface area contributed by atoms with Crippen LogP contribution >= 0.6 is 0 Å². The number of carbonyl (C=O) groups is 2. The van der Waals surface area contributed by atoms with Gasteiger partial charge in [0.25, 0.3) is 0 Å².